The molecule has 0 bridgehead atoms. The van der Waals surface area contributed by atoms with Gasteiger partial charge in [0.25, 0.3) is 0 Å². The zero-order chi connectivity index (χ0) is 16.3. The van der Waals surface area contributed by atoms with Crippen LogP contribution in [0.25, 0.3) is 0 Å². The Morgan fingerprint density at radius 3 is 2.36 bits per heavy atom. The molecule has 1 saturated heterocycles. The summed E-state index contributed by atoms with van der Waals surface area (Å²) in [5.74, 6) is -0.00351. The van der Waals surface area contributed by atoms with Crippen LogP contribution in [0.3, 0.4) is 0 Å². The summed E-state index contributed by atoms with van der Waals surface area (Å²) in [6, 6.07) is 5.79. The van der Waals surface area contributed by atoms with Gasteiger partial charge in [0.2, 0.25) is 5.91 Å². The molecular formula is C17H28N4O. The van der Waals surface area contributed by atoms with Crippen LogP contribution in [-0.4, -0.2) is 43.5 Å². The largest absolute Gasteiger partial charge is 0.397 e. The molecule has 2 rings (SSSR count). The number of piperazine rings is 1. The van der Waals surface area contributed by atoms with E-state index in [1.807, 2.05) is 39.0 Å². The molecule has 1 aliphatic rings. The normalized spacial score (nSPS) is 16.6. The molecule has 5 heteroatoms. The molecule has 0 aliphatic carbocycles. The van der Waals surface area contributed by atoms with Crippen LogP contribution in [0.2, 0.25) is 0 Å². The summed E-state index contributed by atoms with van der Waals surface area (Å²) in [6.07, 6.45) is 0. The Morgan fingerprint density at radius 2 is 1.86 bits per heavy atom. The number of nitrogens with zero attached hydrogens (tertiary/aromatic N) is 2. The summed E-state index contributed by atoms with van der Waals surface area (Å²) < 4.78 is 0. The lowest BCUT2D eigenvalue weighted by molar-refractivity contribution is -0.123. The molecule has 1 heterocycles. The number of rotatable bonds is 3. The summed E-state index contributed by atoms with van der Waals surface area (Å²) in [7, 11) is 0. The molecule has 3 N–H and O–H groups in total. The predicted molar refractivity (Wildman–Crippen MR) is 93.3 cm³/mol. The zero-order valence-electron chi connectivity index (χ0n) is 14.1. The first kappa shape index (κ1) is 16.6. The van der Waals surface area contributed by atoms with Gasteiger partial charge in [-0.2, -0.15) is 0 Å². The molecule has 122 valence electrons. The molecular weight excluding hydrogens is 276 g/mol. The molecule has 0 unspecified atom stereocenters. The number of hydrogen-bond donors (Lipinski definition) is 2. The van der Waals surface area contributed by atoms with Crippen LogP contribution in [0.5, 0.6) is 0 Å². The summed E-state index contributed by atoms with van der Waals surface area (Å²) >= 11 is 0. The third-order valence-electron chi connectivity index (χ3n) is 4.13. The Kier molecular flexibility index (Phi) is 4.96. The van der Waals surface area contributed by atoms with Gasteiger partial charge in [0.1, 0.15) is 0 Å². The van der Waals surface area contributed by atoms with Crippen LogP contribution in [0.15, 0.2) is 18.2 Å². The van der Waals surface area contributed by atoms with Crippen molar-refractivity contribution in [1.29, 1.82) is 0 Å². The highest BCUT2D eigenvalue weighted by atomic mass is 16.2. The van der Waals surface area contributed by atoms with E-state index in [9.17, 15) is 4.79 Å². The fraction of sp³-hybridized carbons (Fsp3) is 0.588. The summed E-state index contributed by atoms with van der Waals surface area (Å²) in [5, 5.41) is 2.92. The summed E-state index contributed by atoms with van der Waals surface area (Å²) in [6.45, 7) is 13.1. The van der Waals surface area contributed by atoms with Gasteiger partial charge in [0.05, 0.1) is 11.4 Å². The summed E-state index contributed by atoms with van der Waals surface area (Å²) in [4.78, 5) is 16.8. The fourth-order valence-corrected chi connectivity index (χ4v) is 2.54. The van der Waals surface area contributed by atoms with Crippen molar-refractivity contribution in [3.05, 3.63) is 18.2 Å². The first-order chi connectivity index (χ1) is 10.3. The maximum Gasteiger partial charge on any atom is 0.229 e. The van der Waals surface area contributed by atoms with Gasteiger partial charge in [0.15, 0.2) is 0 Å². The topological polar surface area (TPSA) is 61.6 Å². The third-order valence-corrected chi connectivity index (χ3v) is 4.13. The lowest BCUT2D eigenvalue weighted by Gasteiger charge is -2.36. The first-order valence-corrected chi connectivity index (χ1v) is 7.99. The van der Waals surface area contributed by atoms with E-state index >= 15 is 0 Å². The number of amides is 1. The second-order valence-electron chi connectivity index (χ2n) is 6.90. The fourth-order valence-electron chi connectivity index (χ4n) is 2.54. The Hall–Kier alpha value is -1.75. The van der Waals surface area contributed by atoms with Gasteiger partial charge in [-0.05, 0) is 24.7 Å². The van der Waals surface area contributed by atoms with Crippen LogP contribution >= 0.6 is 0 Å². The molecule has 5 nitrogen and oxygen atoms in total. The number of anilines is 3. The maximum atomic E-state index is 12.0. The van der Waals surface area contributed by atoms with Crippen LogP contribution < -0.4 is 16.0 Å². The maximum absolute atomic E-state index is 12.0. The quantitative estimate of drug-likeness (QED) is 0.842. The average molecular weight is 304 g/mol. The van der Waals surface area contributed by atoms with Gasteiger partial charge in [-0.15, -0.1) is 0 Å². The van der Waals surface area contributed by atoms with E-state index in [2.05, 4.69) is 22.0 Å². The first-order valence-electron chi connectivity index (χ1n) is 7.99. The van der Waals surface area contributed by atoms with Gasteiger partial charge >= 0.3 is 0 Å². The Labute approximate surface area is 133 Å². The molecule has 1 aromatic carbocycles. The molecule has 1 amide bonds. The minimum atomic E-state index is -0.413. The van der Waals surface area contributed by atoms with Crippen molar-refractivity contribution >= 4 is 23.0 Å². The molecule has 0 aromatic heterocycles. The van der Waals surface area contributed by atoms with Gasteiger partial charge < -0.3 is 20.9 Å². The van der Waals surface area contributed by atoms with E-state index in [0.717, 1.165) is 49.8 Å². The lowest BCUT2D eigenvalue weighted by Crippen LogP contribution is -2.46. The number of carbonyl (C=O) groups excluding carboxylic acids is 1. The van der Waals surface area contributed by atoms with Gasteiger partial charge in [-0.25, -0.2) is 0 Å². The minimum absolute atomic E-state index is 0.00351. The number of nitrogens with one attached hydrogen (secondary N) is 1. The number of likely N-dealkylation sites (N-methyl/N-ethyl adjacent to an activating group) is 1. The molecule has 22 heavy (non-hydrogen) atoms. The minimum Gasteiger partial charge on any atom is -0.397 e. The smallest absolute Gasteiger partial charge is 0.229 e. The van der Waals surface area contributed by atoms with E-state index in [-0.39, 0.29) is 5.91 Å². The SMILES string of the molecule is CCN1CCN(c2ccc(NC(=O)C(C)(C)C)cc2N)CC1. The molecule has 0 radical (unpaired) electrons. The molecule has 1 aromatic rings. The summed E-state index contributed by atoms with van der Waals surface area (Å²) in [5.41, 5.74) is 8.32. The van der Waals surface area contributed by atoms with E-state index < -0.39 is 5.41 Å². The van der Waals surface area contributed by atoms with Crippen LogP contribution in [0.4, 0.5) is 17.1 Å². The van der Waals surface area contributed by atoms with Crippen molar-refractivity contribution < 1.29 is 4.79 Å². The number of benzene rings is 1. The van der Waals surface area contributed by atoms with Crippen molar-refractivity contribution in [2.75, 3.05) is 48.7 Å². The highest BCUT2D eigenvalue weighted by Gasteiger charge is 2.22. The molecule has 0 saturated carbocycles. The highest BCUT2D eigenvalue weighted by molar-refractivity contribution is 5.95. The molecule has 1 fully saturated rings. The van der Waals surface area contributed by atoms with Crippen molar-refractivity contribution in [3.63, 3.8) is 0 Å². The highest BCUT2D eigenvalue weighted by Crippen LogP contribution is 2.28. The molecule has 1 aliphatic heterocycles. The number of nitrogen functional groups attached to an aromatic ring is 1. The molecule has 0 atom stereocenters. The van der Waals surface area contributed by atoms with E-state index in [4.69, 9.17) is 5.73 Å². The Morgan fingerprint density at radius 1 is 1.23 bits per heavy atom. The van der Waals surface area contributed by atoms with Gasteiger partial charge in [0, 0.05) is 37.3 Å². The Bertz CT molecular complexity index is 528. The monoisotopic (exact) mass is 304 g/mol. The van der Waals surface area contributed by atoms with Crippen LogP contribution in [-0.2, 0) is 4.79 Å². The van der Waals surface area contributed by atoms with E-state index in [1.165, 1.54) is 0 Å². The predicted octanol–water partition coefficient (Wildman–Crippen LogP) is 2.40. The Balaban J connectivity index is 2.06. The van der Waals surface area contributed by atoms with Crippen LogP contribution in [0, 0.1) is 5.41 Å². The van der Waals surface area contributed by atoms with Crippen molar-refractivity contribution in [3.8, 4) is 0 Å². The van der Waals surface area contributed by atoms with Crippen LogP contribution in [0.1, 0.15) is 27.7 Å². The average Bonchev–Trinajstić information content (AvgIpc) is 2.46. The molecule has 0 spiro atoms. The number of carbonyl (C=O) groups is 1. The van der Waals surface area contributed by atoms with Gasteiger partial charge in [-0.1, -0.05) is 27.7 Å². The van der Waals surface area contributed by atoms with E-state index in [1.54, 1.807) is 0 Å². The standard InChI is InChI=1S/C17H28N4O/c1-5-20-8-10-21(11-9-20)15-7-6-13(12-14(15)18)19-16(22)17(2,3)4/h6-7,12H,5,8-11,18H2,1-4H3,(H,19,22). The lowest BCUT2D eigenvalue weighted by atomic mass is 9.95. The van der Waals surface area contributed by atoms with Crippen molar-refractivity contribution in [1.82, 2.24) is 4.90 Å². The van der Waals surface area contributed by atoms with Crippen molar-refractivity contribution in [2.45, 2.75) is 27.7 Å². The third kappa shape index (κ3) is 3.91. The second kappa shape index (κ2) is 6.57. The van der Waals surface area contributed by atoms with Crippen molar-refractivity contribution in [2.24, 2.45) is 5.41 Å². The number of hydrogen-bond acceptors (Lipinski definition) is 4. The van der Waals surface area contributed by atoms with Gasteiger partial charge in [-0.3, -0.25) is 4.79 Å². The second-order valence-corrected chi connectivity index (χ2v) is 6.90. The number of nitrogens with two attached hydrogens (primary N) is 1. The zero-order valence-corrected chi connectivity index (χ0v) is 14.1. The van der Waals surface area contributed by atoms with E-state index in [0.29, 0.717) is 0 Å².